The van der Waals surface area contributed by atoms with Crippen molar-refractivity contribution in [2.75, 3.05) is 23.3 Å². The summed E-state index contributed by atoms with van der Waals surface area (Å²) in [6, 6.07) is 9.12. The molecule has 1 aromatic heterocycles. The summed E-state index contributed by atoms with van der Waals surface area (Å²) >= 11 is 0. The van der Waals surface area contributed by atoms with Gasteiger partial charge in [-0.05, 0) is 37.1 Å². The van der Waals surface area contributed by atoms with E-state index < -0.39 is 12.5 Å². The van der Waals surface area contributed by atoms with Gasteiger partial charge in [0, 0.05) is 24.8 Å². The van der Waals surface area contributed by atoms with Crippen molar-refractivity contribution in [1.82, 2.24) is 10.2 Å². The lowest BCUT2D eigenvalue weighted by Gasteiger charge is -2.15. The molecule has 0 aliphatic carbocycles. The molecule has 1 N–H and O–H groups in total. The monoisotopic (exact) mass is 334 g/mol. The van der Waals surface area contributed by atoms with Crippen LogP contribution in [0.5, 0.6) is 5.75 Å². The normalized spacial score (nSPS) is 14.0. The molecule has 1 amide bonds. The fraction of sp³-hybridized carbons (Fsp3) is 0.312. The fourth-order valence-electron chi connectivity index (χ4n) is 2.51. The van der Waals surface area contributed by atoms with Gasteiger partial charge in [0.05, 0.1) is 0 Å². The minimum Gasteiger partial charge on any atom is -0.435 e. The number of rotatable bonds is 5. The second-order valence-corrected chi connectivity index (χ2v) is 5.33. The Bertz CT molecular complexity index is 703. The van der Waals surface area contributed by atoms with Crippen LogP contribution < -0.4 is 15.0 Å². The van der Waals surface area contributed by atoms with E-state index in [-0.39, 0.29) is 11.4 Å². The van der Waals surface area contributed by atoms with Crippen molar-refractivity contribution in [2.24, 2.45) is 0 Å². The molecule has 1 aliphatic heterocycles. The van der Waals surface area contributed by atoms with Crippen molar-refractivity contribution in [2.45, 2.75) is 19.5 Å². The van der Waals surface area contributed by atoms with Gasteiger partial charge >= 0.3 is 6.61 Å². The highest BCUT2D eigenvalue weighted by atomic mass is 19.3. The van der Waals surface area contributed by atoms with Crippen LogP contribution in [-0.2, 0) is 0 Å². The molecule has 1 aromatic carbocycles. The summed E-state index contributed by atoms with van der Waals surface area (Å²) in [5.41, 5.74) is 0.488. The maximum atomic E-state index is 12.2. The van der Waals surface area contributed by atoms with Crippen LogP contribution in [0.15, 0.2) is 36.4 Å². The van der Waals surface area contributed by atoms with Gasteiger partial charge in [-0.3, -0.25) is 4.79 Å². The molecule has 1 fully saturated rings. The first-order valence-electron chi connectivity index (χ1n) is 7.57. The summed E-state index contributed by atoms with van der Waals surface area (Å²) in [7, 11) is 0. The van der Waals surface area contributed by atoms with E-state index in [1.54, 1.807) is 18.2 Å². The number of carbonyl (C=O) groups is 1. The van der Waals surface area contributed by atoms with Crippen molar-refractivity contribution >= 4 is 17.4 Å². The molecule has 0 unspecified atom stereocenters. The minimum atomic E-state index is -2.92. The van der Waals surface area contributed by atoms with Gasteiger partial charge in [-0.1, -0.05) is 6.07 Å². The van der Waals surface area contributed by atoms with Gasteiger partial charge in [0.2, 0.25) is 0 Å². The van der Waals surface area contributed by atoms with Crippen LogP contribution in [0, 0.1) is 0 Å². The molecule has 2 aromatic rings. The van der Waals surface area contributed by atoms with Crippen LogP contribution in [0.1, 0.15) is 23.3 Å². The first-order valence-corrected chi connectivity index (χ1v) is 7.57. The lowest BCUT2D eigenvalue weighted by atomic mass is 10.3. The average molecular weight is 334 g/mol. The Hall–Kier alpha value is -2.77. The van der Waals surface area contributed by atoms with E-state index in [1.807, 2.05) is 0 Å². The summed E-state index contributed by atoms with van der Waals surface area (Å²) in [6.07, 6.45) is 2.25. The molecular formula is C16H16F2N4O2. The van der Waals surface area contributed by atoms with Gasteiger partial charge in [0.25, 0.3) is 5.91 Å². The third-order valence-corrected chi connectivity index (χ3v) is 3.63. The molecule has 0 atom stereocenters. The minimum absolute atomic E-state index is 0.0294. The zero-order chi connectivity index (χ0) is 16.9. The van der Waals surface area contributed by atoms with Crippen molar-refractivity contribution < 1.29 is 18.3 Å². The maximum absolute atomic E-state index is 12.2. The zero-order valence-electron chi connectivity index (χ0n) is 12.8. The Labute approximate surface area is 137 Å². The van der Waals surface area contributed by atoms with Gasteiger partial charge in [0.1, 0.15) is 5.75 Å². The van der Waals surface area contributed by atoms with E-state index in [9.17, 15) is 13.6 Å². The fourth-order valence-corrected chi connectivity index (χ4v) is 2.51. The summed E-state index contributed by atoms with van der Waals surface area (Å²) < 4.78 is 28.7. The molecule has 2 heterocycles. The number of aromatic nitrogens is 2. The standard InChI is InChI=1S/C16H16F2N4O2/c17-16(18)24-12-5-3-4-11(10-12)19-15(23)13-6-7-14(21-20-13)22-8-1-2-9-22/h3-7,10,16H,1-2,8-9H2,(H,19,23). The van der Waals surface area contributed by atoms with Crippen LogP contribution in [-0.4, -0.2) is 35.8 Å². The lowest BCUT2D eigenvalue weighted by Crippen LogP contribution is -2.21. The number of halogens is 2. The summed E-state index contributed by atoms with van der Waals surface area (Å²) in [6.45, 7) is -1.03. The number of ether oxygens (including phenoxy) is 1. The number of carbonyl (C=O) groups excluding carboxylic acids is 1. The van der Waals surface area contributed by atoms with Crippen molar-refractivity contribution in [1.29, 1.82) is 0 Å². The molecule has 0 bridgehead atoms. The Morgan fingerprint density at radius 3 is 2.62 bits per heavy atom. The van der Waals surface area contributed by atoms with Crippen LogP contribution in [0.2, 0.25) is 0 Å². The van der Waals surface area contributed by atoms with Crippen molar-refractivity contribution in [3.8, 4) is 5.75 Å². The molecular weight excluding hydrogens is 318 g/mol. The van der Waals surface area contributed by atoms with Crippen LogP contribution in [0.25, 0.3) is 0 Å². The second kappa shape index (κ2) is 7.20. The third-order valence-electron chi connectivity index (χ3n) is 3.63. The SMILES string of the molecule is O=C(Nc1cccc(OC(F)F)c1)c1ccc(N2CCCC2)nn1. The van der Waals surface area contributed by atoms with E-state index >= 15 is 0 Å². The first kappa shape index (κ1) is 16.1. The predicted molar refractivity (Wildman–Crippen MR) is 84.5 cm³/mol. The average Bonchev–Trinajstić information content (AvgIpc) is 3.09. The highest BCUT2D eigenvalue weighted by Gasteiger charge is 2.15. The summed E-state index contributed by atoms with van der Waals surface area (Å²) in [4.78, 5) is 14.3. The number of amides is 1. The molecule has 0 radical (unpaired) electrons. The first-order chi connectivity index (χ1) is 11.6. The predicted octanol–water partition coefficient (Wildman–Crippen LogP) is 2.93. The van der Waals surface area contributed by atoms with E-state index in [0.29, 0.717) is 5.69 Å². The molecule has 1 aliphatic rings. The highest BCUT2D eigenvalue weighted by Crippen LogP contribution is 2.20. The molecule has 8 heteroatoms. The van der Waals surface area contributed by atoms with E-state index in [1.165, 1.54) is 18.2 Å². The van der Waals surface area contributed by atoms with Crippen LogP contribution in [0.4, 0.5) is 20.3 Å². The lowest BCUT2D eigenvalue weighted by molar-refractivity contribution is -0.0497. The smallest absolute Gasteiger partial charge is 0.387 e. The zero-order valence-corrected chi connectivity index (χ0v) is 12.8. The Kier molecular flexibility index (Phi) is 4.83. The molecule has 0 spiro atoms. The van der Waals surface area contributed by atoms with Crippen molar-refractivity contribution in [3.05, 3.63) is 42.1 Å². The van der Waals surface area contributed by atoms with Gasteiger partial charge < -0.3 is 15.0 Å². The molecule has 6 nitrogen and oxygen atoms in total. The number of nitrogens with one attached hydrogen (secondary N) is 1. The topological polar surface area (TPSA) is 67.3 Å². The number of hydrogen-bond donors (Lipinski definition) is 1. The number of alkyl halides is 2. The summed E-state index contributed by atoms with van der Waals surface area (Å²) in [5, 5.41) is 10.6. The molecule has 0 saturated carbocycles. The third kappa shape index (κ3) is 3.95. The Morgan fingerprint density at radius 2 is 1.96 bits per heavy atom. The Morgan fingerprint density at radius 1 is 1.17 bits per heavy atom. The maximum Gasteiger partial charge on any atom is 0.387 e. The van der Waals surface area contributed by atoms with Gasteiger partial charge in [-0.15, -0.1) is 10.2 Å². The van der Waals surface area contributed by atoms with Crippen LogP contribution >= 0.6 is 0 Å². The van der Waals surface area contributed by atoms with Gasteiger partial charge in [-0.2, -0.15) is 8.78 Å². The Balaban J connectivity index is 1.66. The van der Waals surface area contributed by atoms with E-state index in [2.05, 4.69) is 25.2 Å². The largest absolute Gasteiger partial charge is 0.435 e. The number of benzene rings is 1. The number of anilines is 2. The molecule has 24 heavy (non-hydrogen) atoms. The molecule has 3 rings (SSSR count). The summed E-state index contributed by atoms with van der Waals surface area (Å²) in [5.74, 6) is 0.249. The quantitative estimate of drug-likeness (QED) is 0.910. The van der Waals surface area contributed by atoms with E-state index in [4.69, 9.17) is 0 Å². The van der Waals surface area contributed by atoms with Gasteiger partial charge in [-0.25, -0.2) is 0 Å². The van der Waals surface area contributed by atoms with E-state index in [0.717, 1.165) is 31.7 Å². The van der Waals surface area contributed by atoms with Crippen LogP contribution in [0.3, 0.4) is 0 Å². The second-order valence-electron chi connectivity index (χ2n) is 5.33. The van der Waals surface area contributed by atoms with Crippen molar-refractivity contribution in [3.63, 3.8) is 0 Å². The molecule has 126 valence electrons. The molecule has 1 saturated heterocycles. The van der Waals surface area contributed by atoms with Gasteiger partial charge in [0.15, 0.2) is 11.5 Å². The number of hydrogen-bond acceptors (Lipinski definition) is 5. The number of nitrogens with zero attached hydrogens (tertiary/aromatic N) is 3. The highest BCUT2D eigenvalue weighted by molar-refractivity contribution is 6.02.